The van der Waals surface area contributed by atoms with E-state index in [2.05, 4.69) is 15.4 Å². The molecule has 0 unspecified atom stereocenters. The summed E-state index contributed by atoms with van der Waals surface area (Å²) in [4.78, 5) is 23.4. The maximum atomic E-state index is 12.1. The van der Waals surface area contributed by atoms with Crippen LogP contribution in [0.2, 0.25) is 0 Å². The highest BCUT2D eigenvalue weighted by Gasteiger charge is 2.14. The summed E-state index contributed by atoms with van der Waals surface area (Å²) in [7, 11) is -2.61. The molecule has 9 heteroatoms. The zero-order valence-corrected chi connectivity index (χ0v) is 13.8. The number of amides is 1. The van der Waals surface area contributed by atoms with E-state index in [0.29, 0.717) is 5.69 Å². The first kappa shape index (κ1) is 18.7. The molecule has 1 aromatic carbocycles. The van der Waals surface area contributed by atoms with E-state index in [1.54, 1.807) is 13.8 Å². The summed E-state index contributed by atoms with van der Waals surface area (Å²) < 4.78 is 26.9. The van der Waals surface area contributed by atoms with Crippen molar-refractivity contribution >= 4 is 27.6 Å². The Balaban J connectivity index is 3.03. The van der Waals surface area contributed by atoms with Crippen LogP contribution in [0.4, 0.5) is 5.69 Å². The van der Waals surface area contributed by atoms with Gasteiger partial charge in [0.15, 0.2) is 0 Å². The number of hydrogen-bond donors (Lipinski definition) is 3. The molecule has 1 amide bonds. The van der Waals surface area contributed by atoms with Gasteiger partial charge in [-0.1, -0.05) is 0 Å². The van der Waals surface area contributed by atoms with Gasteiger partial charge in [0.25, 0.3) is 5.91 Å². The van der Waals surface area contributed by atoms with Gasteiger partial charge in [0.1, 0.15) is 5.70 Å². The van der Waals surface area contributed by atoms with Crippen LogP contribution >= 0.6 is 0 Å². The van der Waals surface area contributed by atoms with Crippen molar-refractivity contribution in [3.05, 3.63) is 36.0 Å². The highest BCUT2D eigenvalue weighted by atomic mass is 32.2. The molecule has 0 aliphatic rings. The fourth-order valence-electron chi connectivity index (χ4n) is 1.56. The summed E-state index contributed by atoms with van der Waals surface area (Å²) in [5.74, 6) is -1.20. The monoisotopic (exact) mass is 341 g/mol. The van der Waals surface area contributed by atoms with Crippen LogP contribution in [0.15, 0.2) is 40.9 Å². The maximum Gasteiger partial charge on any atom is 0.332 e. The molecule has 0 radical (unpaired) electrons. The molecule has 0 aliphatic carbocycles. The molecule has 1 aromatic rings. The Labute approximate surface area is 134 Å². The molecular weight excluding hydrogens is 322 g/mol. The maximum absolute atomic E-state index is 12.1. The fourth-order valence-corrected chi connectivity index (χ4v) is 2.07. The molecule has 0 saturated carbocycles. The smallest absolute Gasteiger partial charge is 0.332 e. The van der Waals surface area contributed by atoms with E-state index in [1.807, 2.05) is 0 Å². The molecule has 8 nitrogen and oxygen atoms in total. The molecule has 0 heterocycles. The number of ether oxygens (including phenoxy) is 1. The Morgan fingerprint density at radius 1 is 1.22 bits per heavy atom. The van der Waals surface area contributed by atoms with Crippen LogP contribution in [0.25, 0.3) is 0 Å². The highest BCUT2D eigenvalue weighted by molar-refractivity contribution is 7.89. The van der Waals surface area contributed by atoms with Crippen molar-refractivity contribution in [1.82, 2.24) is 5.32 Å². The van der Waals surface area contributed by atoms with Gasteiger partial charge < -0.3 is 15.4 Å². The quantitative estimate of drug-likeness (QED) is 0.505. The predicted molar refractivity (Wildman–Crippen MR) is 84.8 cm³/mol. The molecule has 0 aliphatic heterocycles. The number of anilines is 1. The third kappa shape index (κ3) is 6.09. The Morgan fingerprint density at radius 2 is 1.78 bits per heavy atom. The summed E-state index contributed by atoms with van der Waals surface area (Å²) in [5, 5.41) is 10.4. The van der Waals surface area contributed by atoms with Crippen LogP contribution in [-0.2, 0) is 24.3 Å². The zero-order valence-electron chi connectivity index (χ0n) is 13.0. The van der Waals surface area contributed by atoms with E-state index >= 15 is 0 Å². The number of methoxy groups -OCH3 is 1. The van der Waals surface area contributed by atoms with E-state index in [0.717, 1.165) is 6.08 Å². The first-order chi connectivity index (χ1) is 10.6. The van der Waals surface area contributed by atoms with Gasteiger partial charge in [-0.25, -0.2) is 18.4 Å². The number of rotatable bonds is 6. The number of primary sulfonamides is 1. The molecule has 23 heavy (non-hydrogen) atoms. The minimum atomic E-state index is -3.80. The lowest BCUT2D eigenvalue weighted by Gasteiger charge is -2.13. The molecule has 0 atom stereocenters. The second-order valence-corrected chi connectivity index (χ2v) is 6.47. The SMILES string of the molecule is COC(=O)C=C(Nc1ccc(S(N)(=O)=O)cc1)C(=O)NC(C)C. The first-order valence-electron chi connectivity index (χ1n) is 6.64. The van der Waals surface area contributed by atoms with Crippen molar-refractivity contribution in [2.45, 2.75) is 24.8 Å². The number of hydrogen-bond acceptors (Lipinski definition) is 6. The molecule has 0 fully saturated rings. The van der Waals surface area contributed by atoms with E-state index in [9.17, 15) is 18.0 Å². The molecule has 126 valence electrons. The minimum absolute atomic E-state index is 0.0334. The van der Waals surface area contributed by atoms with E-state index in [-0.39, 0.29) is 16.6 Å². The average Bonchev–Trinajstić information content (AvgIpc) is 2.45. The predicted octanol–water partition coefficient (Wildman–Crippen LogP) is 0.327. The van der Waals surface area contributed by atoms with Gasteiger partial charge in [-0.15, -0.1) is 0 Å². The number of carbonyl (C=O) groups excluding carboxylic acids is 2. The standard InChI is InChI=1S/C14H19N3O5S/c1-9(2)16-14(19)12(8-13(18)22-3)17-10-4-6-11(7-5-10)23(15,20)21/h4-9,17H,1-3H3,(H,16,19)(H2,15,20,21). The molecule has 0 bridgehead atoms. The lowest BCUT2D eigenvalue weighted by Crippen LogP contribution is -2.34. The summed E-state index contributed by atoms with van der Waals surface area (Å²) in [6, 6.07) is 5.29. The van der Waals surface area contributed by atoms with Gasteiger partial charge in [-0.2, -0.15) is 0 Å². The van der Waals surface area contributed by atoms with Gasteiger partial charge in [-0.3, -0.25) is 4.79 Å². The van der Waals surface area contributed by atoms with Gasteiger partial charge >= 0.3 is 5.97 Å². The van der Waals surface area contributed by atoms with Crippen molar-refractivity contribution in [1.29, 1.82) is 0 Å². The van der Waals surface area contributed by atoms with Gasteiger partial charge in [0.2, 0.25) is 10.0 Å². The van der Waals surface area contributed by atoms with Crippen LogP contribution in [0.1, 0.15) is 13.8 Å². The second kappa shape index (κ2) is 7.75. The van der Waals surface area contributed by atoms with Crippen molar-refractivity contribution < 1.29 is 22.7 Å². The lowest BCUT2D eigenvalue weighted by atomic mass is 10.2. The van der Waals surface area contributed by atoms with Crippen molar-refractivity contribution in [3.63, 3.8) is 0 Å². The Hall–Kier alpha value is -2.39. The third-order valence-corrected chi connectivity index (χ3v) is 3.52. The topological polar surface area (TPSA) is 128 Å². The summed E-state index contributed by atoms with van der Waals surface area (Å²) in [6.07, 6.45) is 1.01. The normalized spacial score (nSPS) is 12.0. The van der Waals surface area contributed by atoms with Gasteiger partial charge in [-0.05, 0) is 38.1 Å². The Kier molecular flexibility index (Phi) is 6.28. The van der Waals surface area contributed by atoms with Crippen molar-refractivity contribution in [3.8, 4) is 0 Å². The van der Waals surface area contributed by atoms with E-state index in [4.69, 9.17) is 5.14 Å². The number of carbonyl (C=O) groups is 2. The van der Waals surface area contributed by atoms with Crippen molar-refractivity contribution in [2.75, 3.05) is 12.4 Å². The van der Waals surface area contributed by atoms with Crippen LogP contribution < -0.4 is 15.8 Å². The summed E-state index contributed by atoms with van der Waals surface area (Å²) >= 11 is 0. The molecule has 0 aromatic heterocycles. The van der Waals surface area contributed by atoms with Crippen LogP contribution in [0, 0.1) is 0 Å². The van der Waals surface area contributed by atoms with Crippen LogP contribution in [0.5, 0.6) is 0 Å². The van der Waals surface area contributed by atoms with Gasteiger partial charge in [0.05, 0.1) is 18.1 Å². The summed E-state index contributed by atoms with van der Waals surface area (Å²) in [5.41, 5.74) is 0.375. The van der Waals surface area contributed by atoms with E-state index < -0.39 is 21.9 Å². The molecule has 1 rings (SSSR count). The number of esters is 1. The van der Waals surface area contributed by atoms with E-state index in [1.165, 1.54) is 31.4 Å². The van der Waals surface area contributed by atoms with Gasteiger partial charge in [0, 0.05) is 11.7 Å². The molecule has 4 N–H and O–H groups in total. The Bertz CT molecular complexity index is 708. The highest BCUT2D eigenvalue weighted by Crippen LogP contribution is 2.15. The summed E-state index contributed by atoms with van der Waals surface area (Å²) in [6.45, 7) is 3.54. The number of nitrogens with two attached hydrogens (primary N) is 1. The fraction of sp³-hybridized carbons (Fsp3) is 0.286. The molecular formula is C14H19N3O5S. The number of benzene rings is 1. The largest absolute Gasteiger partial charge is 0.466 e. The number of nitrogens with one attached hydrogen (secondary N) is 2. The first-order valence-corrected chi connectivity index (χ1v) is 8.18. The molecule has 0 spiro atoms. The van der Waals surface area contributed by atoms with Crippen LogP contribution in [-0.4, -0.2) is 33.4 Å². The lowest BCUT2D eigenvalue weighted by molar-refractivity contribution is -0.135. The minimum Gasteiger partial charge on any atom is -0.466 e. The Morgan fingerprint density at radius 3 is 2.22 bits per heavy atom. The second-order valence-electron chi connectivity index (χ2n) is 4.90. The molecule has 0 saturated heterocycles. The zero-order chi connectivity index (χ0) is 17.6. The third-order valence-electron chi connectivity index (χ3n) is 2.59. The number of sulfonamides is 1. The van der Waals surface area contributed by atoms with Crippen LogP contribution in [0.3, 0.4) is 0 Å². The van der Waals surface area contributed by atoms with Crippen molar-refractivity contribution in [2.24, 2.45) is 5.14 Å². The average molecular weight is 341 g/mol.